The number of rotatable bonds is 6. The first-order valence-electron chi connectivity index (χ1n) is 6.43. The zero-order chi connectivity index (χ0) is 13.5. The molecule has 19 heavy (non-hydrogen) atoms. The molecule has 1 aromatic heterocycles. The third-order valence-electron chi connectivity index (χ3n) is 2.75. The zero-order valence-electron chi connectivity index (χ0n) is 10.9. The van der Waals surface area contributed by atoms with Crippen molar-refractivity contribution < 1.29 is 4.79 Å². The van der Waals surface area contributed by atoms with E-state index in [0.717, 1.165) is 30.6 Å². The minimum atomic E-state index is 0.0438. The summed E-state index contributed by atoms with van der Waals surface area (Å²) in [5.41, 5.74) is 1.57. The average Bonchev–Trinajstić information content (AvgIpc) is 2.93. The molecule has 0 bridgehead atoms. The summed E-state index contributed by atoms with van der Waals surface area (Å²) in [6, 6.07) is 7.43. The van der Waals surface area contributed by atoms with E-state index in [1.807, 2.05) is 24.3 Å². The Bertz CT molecular complexity index is 524. The molecular weight excluding hydrogens is 242 g/mol. The van der Waals surface area contributed by atoms with Crippen molar-refractivity contribution in [3.8, 4) is 5.69 Å². The van der Waals surface area contributed by atoms with Crippen LogP contribution in [-0.4, -0.2) is 26.1 Å². The van der Waals surface area contributed by atoms with Gasteiger partial charge in [0.15, 0.2) is 0 Å². The van der Waals surface area contributed by atoms with Crippen LogP contribution in [0.2, 0.25) is 0 Å². The standard InChI is InChI=1S/C13H17N5O/c1-2-3-4-8-13(19)15-11-6-5-7-12(9-11)18-10-14-16-17-18/h5-7,9-10H,2-4,8H2,1H3,(H,15,19). The molecule has 100 valence electrons. The minimum Gasteiger partial charge on any atom is -0.326 e. The second kappa shape index (κ2) is 6.63. The fraction of sp³-hybridized carbons (Fsp3) is 0.385. The summed E-state index contributed by atoms with van der Waals surface area (Å²) in [4.78, 5) is 11.7. The van der Waals surface area contributed by atoms with Crippen molar-refractivity contribution in [3.63, 3.8) is 0 Å². The Balaban J connectivity index is 1.97. The zero-order valence-corrected chi connectivity index (χ0v) is 10.9. The van der Waals surface area contributed by atoms with Crippen molar-refractivity contribution in [1.82, 2.24) is 20.2 Å². The number of carbonyl (C=O) groups is 1. The molecule has 6 heteroatoms. The highest BCUT2D eigenvalue weighted by Gasteiger charge is 2.04. The molecule has 0 aliphatic rings. The highest BCUT2D eigenvalue weighted by molar-refractivity contribution is 5.90. The molecular formula is C13H17N5O. The molecule has 0 saturated carbocycles. The van der Waals surface area contributed by atoms with E-state index in [1.54, 1.807) is 4.68 Å². The molecule has 0 radical (unpaired) electrons. The van der Waals surface area contributed by atoms with E-state index in [1.165, 1.54) is 6.33 Å². The Kier molecular flexibility index (Phi) is 4.60. The minimum absolute atomic E-state index is 0.0438. The van der Waals surface area contributed by atoms with Crippen molar-refractivity contribution in [3.05, 3.63) is 30.6 Å². The van der Waals surface area contributed by atoms with Crippen LogP contribution in [0.25, 0.3) is 5.69 Å². The lowest BCUT2D eigenvalue weighted by molar-refractivity contribution is -0.116. The number of anilines is 1. The molecule has 6 nitrogen and oxygen atoms in total. The van der Waals surface area contributed by atoms with Gasteiger partial charge < -0.3 is 5.32 Å². The van der Waals surface area contributed by atoms with Crippen LogP contribution < -0.4 is 5.32 Å². The Morgan fingerprint density at radius 3 is 3.00 bits per heavy atom. The number of unbranched alkanes of at least 4 members (excludes halogenated alkanes) is 2. The molecule has 1 aromatic carbocycles. The number of nitrogens with one attached hydrogen (secondary N) is 1. The number of amides is 1. The summed E-state index contributed by atoms with van der Waals surface area (Å²) in [5.74, 6) is 0.0438. The van der Waals surface area contributed by atoms with Gasteiger partial charge in [0.2, 0.25) is 5.91 Å². The summed E-state index contributed by atoms with van der Waals surface area (Å²) >= 11 is 0. The SMILES string of the molecule is CCCCCC(=O)Nc1cccc(-n2cnnn2)c1. The van der Waals surface area contributed by atoms with Crippen molar-refractivity contribution in [1.29, 1.82) is 0 Å². The quantitative estimate of drug-likeness (QED) is 0.807. The Hall–Kier alpha value is -2.24. The smallest absolute Gasteiger partial charge is 0.224 e. The summed E-state index contributed by atoms with van der Waals surface area (Å²) in [7, 11) is 0. The first kappa shape index (κ1) is 13.2. The van der Waals surface area contributed by atoms with Gasteiger partial charge in [0.05, 0.1) is 5.69 Å². The normalized spacial score (nSPS) is 10.4. The Morgan fingerprint density at radius 2 is 2.26 bits per heavy atom. The van der Waals surface area contributed by atoms with Crippen LogP contribution >= 0.6 is 0 Å². The third kappa shape index (κ3) is 3.87. The molecule has 1 N–H and O–H groups in total. The fourth-order valence-corrected chi connectivity index (χ4v) is 1.76. The lowest BCUT2D eigenvalue weighted by Gasteiger charge is -2.06. The van der Waals surface area contributed by atoms with Crippen molar-refractivity contribution in [2.24, 2.45) is 0 Å². The predicted molar refractivity (Wildman–Crippen MR) is 71.9 cm³/mol. The van der Waals surface area contributed by atoms with Crippen LogP contribution in [0.3, 0.4) is 0 Å². The van der Waals surface area contributed by atoms with Gasteiger partial charge in [-0.2, -0.15) is 0 Å². The second-order valence-corrected chi connectivity index (χ2v) is 4.31. The van der Waals surface area contributed by atoms with Gasteiger partial charge in [-0.25, -0.2) is 4.68 Å². The van der Waals surface area contributed by atoms with Gasteiger partial charge in [0, 0.05) is 12.1 Å². The molecule has 0 atom stereocenters. The van der Waals surface area contributed by atoms with Gasteiger partial charge in [-0.1, -0.05) is 25.8 Å². The summed E-state index contributed by atoms with van der Waals surface area (Å²) in [6.45, 7) is 2.12. The van der Waals surface area contributed by atoms with Gasteiger partial charge in [-0.15, -0.1) is 5.10 Å². The van der Waals surface area contributed by atoms with E-state index in [-0.39, 0.29) is 5.91 Å². The van der Waals surface area contributed by atoms with Crippen molar-refractivity contribution in [2.75, 3.05) is 5.32 Å². The molecule has 0 aliphatic carbocycles. The molecule has 0 saturated heterocycles. The maximum Gasteiger partial charge on any atom is 0.224 e. The number of benzene rings is 1. The molecule has 2 rings (SSSR count). The van der Waals surface area contributed by atoms with Gasteiger partial charge >= 0.3 is 0 Å². The number of hydrogen-bond acceptors (Lipinski definition) is 4. The van der Waals surface area contributed by atoms with Crippen LogP contribution in [0.5, 0.6) is 0 Å². The van der Waals surface area contributed by atoms with Crippen LogP contribution in [0.15, 0.2) is 30.6 Å². The highest BCUT2D eigenvalue weighted by Crippen LogP contribution is 2.14. The lowest BCUT2D eigenvalue weighted by Crippen LogP contribution is -2.11. The Morgan fingerprint density at radius 1 is 1.37 bits per heavy atom. The molecule has 0 aliphatic heterocycles. The van der Waals surface area contributed by atoms with E-state index in [4.69, 9.17) is 0 Å². The van der Waals surface area contributed by atoms with Crippen LogP contribution in [0.4, 0.5) is 5.69 Å². The molecule has 1 amide bonds. The van der Waals surface area contributed by atoms with Crippen LogP contribution in [-0.2, 0) is 4.79 Å². The number of nitrogens with zero attached hydrogens (tertiary/aromatic N) is 4. The van der Waals surface area contributed by atoms with Gasteiger partial charge in [0.25, 0.3) is 0 Å². The first-order valence-corrected chi connectivity index (χ1v) is 6.43. The van der Waals surface area contributed by atoms with E-state index < -0.39 is 0 Å². The fourth-order valence-electron chi connectivity index (χ4n) is 1.76. The van der Waals surface area contributed by atoms with Gasteiger partial charge in [-0.05, 0) is 35.0 Å². The summed E-state index contributed by atoms with van der Waals surface area (Å²) < 4.78 is 1.55. The van der Waals surface area contributed by atoms with Crippen molar-refractivity contribution >= 4 is 11.6 Å². The average molecular weight is 259 g/mol. The van der Waals surface area contributed by atoms with Crippen molar-refractivity contribution in [2.45, 2.75) is 32.6 Å². The highest BCUT2D eigenvalue weighted by atomic mass is 16.1. The van der Waals surface area contributed by atoms with E-state index in [2.05, 4.69) is 27.8 Å². The van der Waals surface area contributed by atoms with Gasteiger partial charge in [-0.3, -0.25) is 4.79 Å². The predicted octanol–water partition coefficient (Wildman–Crippen LogP) is 2.18. The van der Waals surface area contributed by atoms with E-state index >= 15 is 0 Å². The van der Waals surface area contributed by atoms with Gasteiger partial charge in [0.1, 0.15) is 6.33 Å². The molecule has 0 unspecified atom stereocenters. The molecule has 2 aromatic rings. The van der Waals surface area contributed by atoms with E-state index in [9.17, 15) is 4.79 Å². The van der Waals surface area contributed by atoms with Crippen LogP contribution in [0.1, 0.15) is 32.6 Å². The maximum absolute atomic E-state index is 11.7. The van der Waals surface area contributed by atoms with Crippen LogP contribution in [0, 0.1) is 0 Å². The maximum atomic E-state index is 11.7. The lowest BCUT2D eigenvalue weighted by atomic mass is 10.2. The third-order valence-corrected chi connectivity index (χ3v) is 2.75. The second-order valence-electron chi connectivity index (χ2n) is 4.31. The number of hydrogen-bond donors (Lipinski definition) is 1. The number of tetrazole rings is 1. The summed E-state index contributed by atoms with van der Waals surface area (Å²) in [5, 5.41) is 13.9. The Labute approximate surface area is 111 Å². The monoisotopic (exact) mass is 259 g/mol. The molecule has 1 heterocycles. The largest absolute Gasteiger partial charge is 0.326 e. The summed E-state index contributed by atoms with van der Waals surface area (Å²) in [6.07, 6.45) is 5.19. The molecule has 0 fully saturated rings. The van der Waals surface area contributed by atoms with E-state index in [0.29, 0.717) is 6.42 Å². The molecule has 0 spiro atoms. The number of aromatic nitrogens is 4. The topological polar surface area (TPSA) is 72.7 Å². The number of carbonyl (C=O) groups excluding carboxylic acids is 1. The first-order chi connectivity index (χ1) is 9.29.